The van der Waals surface area contributed by atoms with E-state index in [2.05, 4.69) is 10.1 Å². The Morgan fingerprint density at radius 1 is 1.05 bits per heavy atom. The lowest BCUT2D eigenvalue weighted by Gasteiger charge is -2.03. The van der Waals surface area contributed by atoms with Gasteiger partial charge in [0.2, 0.25) is 5.88 Å². The number of hydrogen-bond acceptors (Lipinski definition) is 4. The summed E-state index contributed by atoms with van der Waals surface area (Å²) in [7, 11) is 0. The molecule has 2 heterocycles. The van der Waals surface area contributed by atoms with Crippen molar-refractivity contribution >= 4 is 5.88 Å². The molecule has 19 heavy (non-hydrogen) atoms. The van der Waals surface area contributed by atoms with Crippen molar-refractivity contribution in [2.24, 2.45) is 0 Å². The average Bonchev–Trinajstić information content (AvgIpc) is 2.82. The van der Waals surface area contributed by atoms with Crippen molar-refractivity contribution in [1.29, 1.82) is 0 Å². The number of nitrogen functional groups attached to an aromatic ring is 1. The van der Waals surface area contributed by atoms with E-state index >= 15 is 0 Å². The van der Waals surface area contributed by atoms with Crippen LogP contribution in [0.15, 0.2) is 53.3 Å². The number of nitrogens with zero attached hydrogens (tertiary/aromatic N) is 2. The fourth-order valence-electron chi connectivity index (χ4n) is 2.07. The molecule has 0 spiro atoms. The van der Waals surface area contributed by atoms with Gasteiger partial charge in [0.25, 0.3) is 0 Å². The van der Waals surface area contributed by atoms with E-state index in [4.69, 9.17) is 10.3 Å². The van der Waals surface area contributed by atoms with Gasteiger partial charge in [-0.3, -0.25) is 4.98 Å². The molecule has 4 nitrogen and oxygen atoms in total. The van der Waals surface area contributed by atoms with Crippen molar-refractivity contribution in [3.8, 4) is 22.4 Å². The normalized spacial score (nSPS) is 10.6. The molecule has 2 N–H and O–H groups in total. The monoisotopic (exact) mass is 251 g/mol. The quantitative estimate of drug-likeness (QED) is 0.759. The molecule has 0 fully saturated rings. The van der Waals surface area contributed by atoms with Crippen LogP contribution in [0, 0.1) is 6.92 Å². The molecule has 3 aromatic rings. The van der Waals surface area contributed by atoms with Crippen molar-refractivity contribution in [3.05, 3.63) is 54.4 Å². The van der Waals surface area contributed by atoms with Gasteiger partial charge in [0.1, 0.15) is 5.69 Å². The summed E-state index contributed by atoms with van der Waals surface area (Å²) in [6, 6.07) is 11.9. The molecule has 0 amide bonds. The topological polar surface area (TPSA) is 64.9 Å². The second-order valence-electron chi connectivity index (χ2n) is 4.39. The molecular formula is C15H13N3O. The number of anilines is 1. The second kappa shape index (κ2) is 4.57. The third kappa shape index (κ3) is 2.08. The van der Waals surface area contributed by atoms with Crippen LogP contribution in [0.2, 0.25) is 0 Å². The fraction of sp³-hybridized carbons (Fsp3) is 0.0667. The number of aryl methyl sites for hydroxylation is 1. The molecule has 0 saturated carbocycles. The van der Waals surface area contributed by atoms with E-state index in [0.29, 0.717) is 5.88 Å². The number of pyridine rings is 1. The molecule has 0 saturated heterocycles. The van der Waals surface area contributed by atoms with Gasteiger partial charge in [0, 0.05) is 18.0 Å². The predicted molar refractivity (Wildman–Crippen MR) is 74.3 cm³/mol. The zero-order valence-electron chi connectivity index (χ0n) is 10.5. The first-order valence-corrected chi connectivity index (χ1v) is 5.98. The summed E-state index contributed by atoms with van der Waals surface area (Å²) >= 11 is 0. The van der Waals surface area contributed by atoms with Crippen molar-refractivity contribution in [1.82, 2.24) is 10.1 Å². The summed E-state index contributed by atoms with van der Waals surface area (Å²) in [5.74, 6) is 0.322. The zero-order valence-corrected chi connectivity index (χ0v) is 10.5. The van der Waals surface area contributed by atoms with Gasteiger partial charge in [-0.2, -0.15) is 0 Å². The average molecular weight is 251 g/mol. The van der Waals surface area contributed by atoms with Crippen molar-refractivity contribution in [2.75, 3.05) is 5.73 Å². The van der Waals surface area contributed by atoms with Crippen molar-refractivity contribution in [2.45, 2.75) is 6.92 Å². The summed E-state index contributed by atoms with van der Waals surface area (Å²) in [5.41, 5.74) is 10.4. The second-order valence-corrected chi connectivity index (χ2v) is 4.39. The third-order valence-electron chi connectivity index (χ3n) is 2.93. The molecule has 3 rings (SSSR count). The van der Waals surface area contributed by atoms with Crippen LogP contribution in [0.3, 0.4) is 0 Å². The van der Waals surface area contributed by atoms with E-state index in [1.54, 1.807) is 12.4 Å². The Labute approximate surface area is 110 Å². The maximum absolute atomic E-state index is 5.90. The van der Waals surface area contributed by atoms with Gasteiger partial charge in [-0.25, -0.2) is 0 Å². The third-order valence-corrected chi connectivity index (χ3v) is 2.93. The highest BCUT2D eigenvalue weighted by molar-refractivity contribution is 5.86. The summed E-state index contributed by atoms with van der Waals surface area (Å²) in [6.45, 7) is 1.99. The minimum atomic E-state index is 0.322. The minimum absolute atomic E-state index is 0.322. The van der Waals surface area contributed by atoms with Gasteiger partial charge in [-0.15, -0.1) is 0 Å². The van der Waals surface area contributed by atoms with Crippen molar-refractivity contribution < 1.29 is 4.52 Å². The fourth-order valence-corrected chi connectivity index (χ4v) is 2.07. The van der Waals surface area contributed by atoms with E-state index in [0.717, 1.165) is 27.9 Å². The minimum Gasteiger partial charge on any atom is -0.367 e. The van der Waals surface area contributed by atoms with Crippen molar-refractivity contribution in [3.63, 3.8) is 0 Å². The largest absolute Gasteiger partial charge is 0.367 e. The first-order valence-electron chi connectivity index (χ1n) is 5.98. The smallest absolute Gasteiger partial charge is 0.230 e. The van der Waals surface area contributed by atoms with Crippen LogP contribution in [-0.4, -0.2) is 10.1 Å². The van der Waals surface area contributed by atoms with Gasteiger partial charge >= 0.3 is 0 Å². The Bertz CT molecular complexity index is 704. The summed E-state index contributed by atoms with van der Waals surface area (Å²) in [4.78, 5) is 4.18. The maximum Gasteiger partial charge on any atom is 0.230 e. The lowest BCUT2D eigenvalue weighted by Crippen LogP contribution is -1.88. The van der Waals surface area contributed by atoms with E-state index in [9.17, 15) is 0 Å². The first-order chi connectivity index (χ1) is 9.25. The SMILES string of the molecule is Cc1cncc(-c2noc(N)c2-c2ccccc2)c1. The summed E-state index contributed by atoms with van der Waals surface area (Å²) < 4.78 is 5.14. The molecule has 2 aromatic heterocycles. The van der Waals surface area contributed by atoms with E-state index in [1.165, 1.54) is 0 Å². The summed E-state index contributed by atoms with van der Waals surface area (Å²) in [5, 5.41) is 4.06. The predicted octanol–water partition coefficient (Wildman–Crippen LogP) is 3.29. The molecule has 0 aliphatic heterocycles. The van der Waals surface area contributed by atoms with Crippen LogP contribution < -0.4 is 5.73 Å². The summed E-state index contributed by atoms with van der Waals surface area (Å²) in [6.07, 6.45) is 3.56. The Morgan fingerprint density at radius 3 is 2.58 bits per heavy atom. The molecule has 0 aliphatic rings. The van der Waals surface area contributed by atoms with Gasteiger partial charge in [0.15, 0.2) is 0 Å². The molecule has 94 valence electrons. The van der Waals surface area contributed by atoms with Crippen LogP contribution in [-0.2, 0) is 0 Å². The van der Waals surface area contributed by atoms with Gasteiger partial charge in [-0.1, -0.05) is 35.5 Å². The van der Waals surface area contributed by atoms with Crippen LogP contribution in [0.5, 0.6) is 0 Å². The molecule has 4 heteroatoms. The van der Waals surface area contributed by atoms with Crippen LogP contribution in [0.4, 0.5) is 5.88 Å². The number of nitrogens with two attached hydrogens (primary N) is 1. The Hall–Kier alpha value is -2.62. The van der Waals surface area contributed by atoms with Crippen LogP contribution in [0.1, 0.15) is 5.56 Å². The number of hydrogen-bond donors (Lipinski definition) is 1. The zero-order chi connectivity index (χ0) is 13.2. The highest BCUT2D eigenvalue weighted by atomic mass is 16.5. The highest BCUT2D eigenvalue weighted by Gasteiger charge is 2.17. The lowest BCUT2D eigenvalue weighted by atomic mass is 10.0. The van der Waals surface area contributed by atoms with Crippen LogP contribution >= 0.6 is 0 Å². The van der Waals surface area contributed by atoms with Crippen LogP contribution in [0.25, 0.3) is 22.4 Å². The first kappa shape index (κ1) is 11.5. The molecule has 0 atom stereocenters. The number of benzene rings is 1. The standard InChI is InChI=1S/C15H13N3O/c1-10-7-12(9-17-8-10)14-13(15(16)19-18-14)11-5-3-2-4-6-11/h2-9H,16H2,1H3. The Morgan fingerprint density at radius 2 is 1.84 bits per heavy atom. The molecule has 0 unspecified atom stereocenters. The molecule has 1 aromatic carbocycles. The molecule has 0 bridgehead atoms. The molecule has 0 aliphatic carbocycles. The lowest BCUT2D eigenvalue weighted by molar-refractivity contribution is 0.439. The van der Waals surface area contributed by atoms with E-state index < -0.39 is 0 Å². The molecule has 0 radical (unpaired) electrons. The van der Waals surface area contributed by atoms with E-state index in [1.807, 2.05) is 43.3 Å². The van der Waals surface area contributed by atoms with Gasteiger partial charge < -0.3 is 10.3 Å². The van der Waals surface area contributed by atoms with Gasteiger partial charge in [0.05, 0.1) is 5.56 Å². The Balaban J connectivity index is 2.19. The maximum atomic E-state index is 5.90. The Kier molecular flexibility index (Phi) is 2.76. The molecular weight excluding hydrogens is 238 g/mol. The number of rotatable bonds is 2. The number of aromatic nitrogens is 2. The van der Waals surface area contributed by atoms with Gasteiger partial charge in [-0.05, 0) is 24.1 Å². The highest BCUT2D eigenvalue weighted by Crippen LogP contribution is 2.35. The van der Waals surface area contributed by atoms with E-state index in [-0.39, 0.29) is 0 Å².